The van der Waals surface area contributed by atoms with Gasteiger partial charge in [0.25, 0.3) is 0 Å². The Morgan fingerprint density at radius 1 is 1.31 bits per heavy atom. The lowest BCUT2D eigenvalue weighted by Gasteiger charge is -2.02. The third-order valence-electron chi connectivity index (χ3n) is 1.91. The standard InChI is InChI=1S/C9H10BrN3O2S/c10-8-2-4-9(5-3-8)16(14,15)7-1-6-12-13-11/h2-5H,1,6-7H2. The minimum atomic E-state index is -3.26. The number of halogens is 1. The Morgan fingerprint density at radius 2 is 1.94 bits per heavy atom. The van der Waals surface area contributed by atoms with Crippen LogP contribution in [0.1, 0.15) is 6.42 Å². The normalized spacial score (nSPS) is 10.8. The first-order valence-corrected chi connectivity index (χ1v) is 7.00. The average Bonchev–Trinajstić information content (AvgIpc) is 2.25. The van der Waals surface area contributed by atoms with Gasteiger partial charge in [0.2, 0.25) is 0 Å². The summed E-state index contributed by atoms with van der Waals surface area (Å²) in [7, 11) is -3.26. The lowest BCUT2D eigenvalue weighted by atomic mass is 10.4. The summed E-state index contributed by atoms with van der Waals surface area (Å²) in [6, 6.07) is 6.46. The SMILES string of the molecule is [N-]=[N+]=NCCCS(=O)(=O)c1ccc(Br)cc1. The minimum absolute atomic E-state index is 0.00630. The molecule has 1 aromatic rings. The van der Waals surface area contributed by atoms with E-state index < -0.39 is 9.84 Å². The van der Waals surface area contributed by atoms with E-state index in [9.17, 15) is 8.42 Å². The Hall–Kier alpha value is -1.04. The highest BCUT2D eigenvalue weighted by molar-refractivity contribution is 9.10. The lowest BCUT2D eigenvalue weighted by Crippen LogP contribution is -2.07. The maximum Gasteiger partial charge on any atom is 0.178 e. The Kier molecular flexibility index (Phi) is 4.79. The van der Waals surface area contributed by atoms with Crippen LogP contribution in [0, 0.1) is 0 Å². The largest absolute Gasteiger partial charge is 0.224 e. The molecule has 0 atom stereocenters. The molecule has 0 saturated carbocycles. The van der Waals surface area contributed by atoms with Crippen molar-refractivity contribution >= 4 is 25.8 Å². The summed E-state index contributed by atoms with van der Waals surface area (Å²) in [5.74, 6) is -0.00630. The molecular formula is C9H10BrN3O2S. The van der Waals surface area contributed by atoms with Gasteiger partial charge in [0, 0.05) is 15.9 Å². The Bertz CT molecular complexity index is 492. The van der Waals surface area contributed by atoms with Crippen LogP contribution in [0.25, 0.3) is 10.4 Å². The van der Waals surface area contributed by atoms with Crippen LogP contribution in [0.2, 0.25) is 0 Å². The maximum absolute atomic E-state index is 11.8. The van der Waals surface area contributed by atoms with Crippen molar-refractivity contribution in [2.45, 2.75) is 11.3 Å². The molecule has 0 heterocycles. The molecule has 1 rings (SSSR count). The Labute approximate surface area is 102 Å². The minimum Gasteiger partial charge on any atom is -0.224 e. The van der Waals surface area contributed by atoms with E-state index in [0.29, 0.717) is 6.42 Å². The molecule has 0 fully saturated rings. The average molecular weight is 304 g/mol. The number of rotatable bonds is 5. The third kappa shape index (κ3) is 3.84. The first kappa shape index (κ1) is 13.0. The van der Waals surface area contributed by atoms with E-state index in [2.05, 4.69) is 26.0 Å². The molecule has 7 heteroatoms. The molecule has 0 radical (unpaired) electrons. The van der Waals surface area contributed by atoms with Gasteiger partial charge in [-0.05, 0) is 36.2 Å². The second kappa shape index (κ2) is 5.89. The van der Waals surface area contributed by atoms with Crippen LogP contribution in [0.5, 0.6) is 0 Å². The van der Waals surface area contributed by atoms with Gasteiger partial charge in [0.05, 0.1) is 10.6 Å². The quantitative estimate of drug-likeness (QED) is 0.362. The number of benzene rings is 1. The van der Waals surface area contributed by atoms with Crippen LogP contribution in [-0.4, -0.2) is 20.7 Å². The van der Waals surface area contributed by atoms with E-state index in [1.807, 2.05) is 0 Å². The molecule has 0 spiro atoms. The molecule has 0 aromatic heterocycles. The van der Waals surface area contributed by atoms with Crippen LogP contribution in [0.15, 0.2) is 38.7 Å². The van der Waals surface area contributed by atoms with Crippen LogP contribution in [0.4, 0.5) is 0 Å². The zero-order valence-corrected chi connectivity index (χ0v) is 10.8. The molecule has 1 aromatic carbocycles. The highest BCUT2D eigenvalue weighted by atomic mass is 79.9. The van der Waals surface area contributed by atoms with E-state index in [4.69, 9.17) is 5.53 Å². The summed E-state index contributed by atoms with van der Waals surface area (Å²) in [6.45, 7) is 0.201. The molecule has 5 nitrogen and oxygen atoms in total. The predicted octanol–water partition coefficient (Wildman–Crippen LogP) is 2.92. The van der Waals surface area contributed by atoms with Crippen molar-refractivity contribution in [1.82, 2.24) is 0 Å². The first-order chi connectivity index (χ1) is 7.56. The first-order valence-electron chi connectivity index (χ1n) is 4.55. The maximum atomic E-state index is 11.8. The fourth-order valence-corrected chi connectivity index (χ4v) is 2.69. The summed E-state index contributed by atoms with van der Waals surface area (Å²) < 4.78 is 24.3. The zero-order valence-electron chi connectivity index (χ0n) is 8.38. The van der Waals surface area contributed by atoms with Gasteiger partial charge >= 0.3 is 0 Å². The van der Waals surface area contributed by atoms with Crippen molar-refractivity contribution in [2.24, 2.45) is 5.11 Å². The Morgan fingerprint density at radius 3 is 2.50 bits per heavy atom. The number of nitrogens with zero attached hydrogens (tertiary/aromatic N) is 3. The molecule has 0 N–H and O–H groups in total. The summed E-state index contributed by atoms with van der Waals surface area (Å²) in [5.41, 5.74) is 8.05. The van der Waals surface area contributed by atoms with Gasteiger partial charge in [-0.1, -0.05) is 21.0 Å². The predicted molar refractivity (Wildman–Crippen MR) is 64.8 cm³/mol. The van der Waals surface area contributed by atoms with Crippen LogP contribution < -0.4 is 0 Å². The van der Waals surface area contributed by atoms with Crippen LogP contribution in [0.3, 0.4) is 0 Å². The van der Waals surface area contributed by atoms with E-state index in [-0.39, 0.29) is 17.2 Å². The monoisotopic (exact) mass is 303 g/mol. The van der Waals surface area contributed by atoms with Crippen molar-refractivity contribution in [3.8, 4) is 0 Å². The van der Waals surface area contributed by atoms with Crippen LogP contribution >= 0.6 is 15.9 Å². The second-order valence-electron chi connectivity index (χ2n) is 3.08. The molecule has 0 saturated heterocycles. The number of hydrogen-bond donors (Lipinski definition) is 0. The van der Waals surface area contributed by atoms with Gasteiger partial charge in [0.1, 0.15) is 0 Å². The highest BCUT2D eigenvalue weighted by Crippen LogP contribution is 2.16. The number of hydrogen-bond acceptors (Lipinski definition) is 3. The van der Waals surface area contributed by atoms with Crippen molar-refractivity contribution in [3.63, 3.8) is 0 Å². The Balaban J connectivity index is 2.70. The topological polar surface area (TPSA) is 82.9 Å². The zero-order chi connectivity index (χ0) is 12.0. The molecule has 86 valence electrons. The molecule has 0 amide bonds. The highest BCUT2D eigenvalue weighted by Gasteiger charge is 2.12. The van der Waals surface area contributed by atoms with Gasteiger partial charge in [-0.15, -0.1) is 0 Å². The van der Waals surface area contributed by atoms with E-state index >= 15 is 0 Å². The van der Waals surface area contributed by atoms with Gasteiger partial charge in [-0.25, -0.2) is 8.42 Å². The van der Waals surface area contributed by atoms with E-state index in [1.165, 1.54) is 0 Å². The van der Waals surface area contributed by atoms with Crippen molar-refractivity contribution in [3.05, 3.63) is 39.2 Å². The molecule has 0 aliphatic heterocycles. The molecule has 0 aliphatic rings. The molecular weight excluding hydrogens is 294 g/mol. The molecule has 0 bridgehead atoms. The smallest absolute Gasteiger partial charge is 0.178 e. The molecule has 0 unspecified atom stereocenters. The van der Waals surface area contributed by atoms with Gasteiger partial charge in [-0.3, -0.25) is 0 Å². The van der Waals surface area contributed by atoms with Gasteiger partial charge < -0.3 is 0 Å². The third-order valence-corrected chi connectivity index (χ3v) is 4.25. The summed E-state index contributed by atoms with van der Waals surface area (Å²) in [6.07, 6.45) is 0.336. The number of sulfone groups is 1. The summed E-state index contributed by atoms with van der Waals surface area (Å²) in [4.78, 5) is 2.85. The fourth-order valence-electron chi connectivity index (χ4n) is 1.13. The van der Waals surface area contributed by atoms with Crippen LogP contribution in [-0.2, 0) is 9.84 Å². The second-order valence-corrected chi connectivity index (χ2v) is 6.11. The van der Waals surface area contributed by atoms with Crippen molar-refractivity contribution < 1.29 is 8.42 Å². The summed E-state index contributed by atoms with van der Waals surface area (Å²) in [5, 5.41) is 3.29. The molecule has 16 heavy (non-hydrogen) atoms. The van der Waals surface area contributed by atoms with Crippen molar-refractivity contribution in [1.29, 1.82) is 0 Å². The van der Waals surface area contributed by atoms with E-state index in [1.54, 1.807) is 24.3 Å². The summed E-state index contributed by atoms with van der Waals surface area (Å²) >= 11 is 3.24. The molecule has 0 aliphatic carbocycles. The van der Waals surface area contributed by atoms with Crippen molar-refractivity contribution in [2.75, 3.05) is 12.3 Å². The van der Waals surface area contributed by atoms with Gasteiger partial charge in [0.15, 0.2) is 9.84 Å². The number of azide groups is 1. The lowest BCUT2D eigenvalue weighted by molar-refractivity contribution is 0.593. The van der Waals surface area contributed by atoms with Gasteiger partial charge in [-0.2, -0.15) is 0 Å². The van der Waals surface area contributed by atoms with E-state index in [0.717, 1.165) is 4.47 Å². The fraction of sp³-hybridized carbons (Fsp3) is 0.333.